The number of aromatic carboxylic acids is 1. The second-order valence-electron chi connectivity index (χ2n) is 12.8. The summed E-state index contributed by atoms with van der Waals surface area (Å²) >= 11 is 0. The van der Waals surface area contributed by atoms with Crippen molar-refractivity contribution in [3.05, 3.63) is 108 Å². The number of nitrogens with zero attached hydrogens (tertiary/aromatic N) is 6. The molecule has 6 aromatic carbocycles. The summed E-state index contributed by atoms with van der Waals surface area (Å²) in [6, 6.07) is 18.6. The van der Waals surface area contributed by atoms with E-state index in [-0.39, 0.29) is 45.3 Å². The van der Waals surface area contributed by atoms with Crippen LogP contribution in [0.25, 0.3) is 10.8 Å². The lowest BCUT2D eigenvalue weighted by Gasteiger charge is -2.14. The van der Waals surface area contributed by atoms with E-state index < -0.39 is 90.5 Å². The number of carboxylic acids is 1. The number of fused-ring (bicyclic) bond motifs is 1. The van der Waals surface area contributed by atoms with Crippen LogP contribution in [0.2, 0.25) is 0 Å². The number of nitrogen functional groups attached to an aromatic ring is 1. The fourth-order valence-electron chi connectivity index (χ4n) is 5.67. The molecule has 0 atom stereocenters. The fourth-order valence-corrected chi connectivity index (χ4v) is 7.65. The highest BCUT2D eigenvalue weighted by molar-refractivity contribution is 7.86. The van der Waals surface area contributed by atoms with Gasteiger partial charge in [-0.15, -0.1) is 20.5 Å². The van der Waals surface area contributed by atoms with Crippen molar-refractivity contribution in [2.45, 2.75) is 14.7 Å². The summed E-state index contributed by atoms with van der Waals surface area (Å²) in [4.78, 5) is 21.6. The van der Waals surface area contributed by atoms with E-state index in [0.29, 0.717) is 17.8 Å². The summed E-state index contributed by atoms with van der Waals surface area (Å²) in [5.41, 5.74) is 4.06. The summed E-state index contributed by atoms with van der Waals surface area (Å²) in [5.74, 6) is -3.11. The number of aromatic hydroxyl groups is 2. The lowest BCUT2D eigenvalue weighted by atomic mass is 10.1. The normalized spacial score (nSPS) is 12.4. The van der Waals surface area contributed by atoms with Crippen LogP contribution < -0.4 is 16.4 Å². The predicted octanol–water partition coefficient (Wildman–Crippen LogP) is 7.81. The van der Waals surface area contributed by atoms with Crippen molar-refractivity contribution < 1.29 is 63.8 Å². The Bertz CT molecular complexity index is 3290. The zero-order valence-electron chi connectivity index (χ0n) is 31.7. The van der Waals surface area contributed by atoms with Gasteiger partial charge in [0.15, 0.2) is 5.75 Å². The van der Waals surface area contributed by atoms with Gasteiger partial charge in [0.1, 0.15) is 43.2 Å². The van der Waals surface area contributed by atoms with Crippen molar-refractivity contribution in [2.24, 2.45) is 30.7 Å². The number of hydrogen-bond donors (Lipinski definition) is 9. The number of carbonyl (C=O) groups excluding carboxylic acids is 1. The van der Waals surface area contributed by atoms with E-state index in [1.165, 1.54) is 66.7 Å². The topological polar surface area (TPSA) is 382 Å². The van der Waals surface area contributed by atoms with Crippen molar-refractivity contribution in [3.63, 3.8) is 0 Å². The number of carboxylic acid groups (broad SMARTS) is 1. The fraction of sp³-hybridized carbons (Fsp3) is 0.0270. The lowest BCUT2D eigenvalue weighted by molar-refractivity contribution is 0.0696. The number of phenolic OH excluding ortho intramolecular Hbond substituents is 2. The van der Waals surface area contributed by atoms with Gasteiger partial charge >= 0.3 is 5.97 Å². The molecule has 10 N–H and O–H groups in total. The maximum Gasteiger partial charge on any atom is 0.335 e. The molecule has 6 rings (SSSR count). The molecule has 0 aliphatic rings. The summed E-state index contributed by atoms with van der Waals surface area (Å²) in [7, 11) is -13.7. The maximum atomic E-state index is 13.1. The van der Waals surface area contributed by atoms with Crippen LogP contribution in [0.1, 0.15) is 20.7 Å². The molecule has 0 fully saturated rings. The number of phenols is 2. The highest BCUT2D eigenvalue weighted by Gasteiger charge is 2.28. The first kappa shape index (κ1) is 44.8. The van der Waals surface area contributed by atoms with Crippen LogP contribution in [0.4, 0.5) is 51.2 Å². The average molecular weight is 920 g/mol. The van der Waals surface area contributed by atoms with Crippen LogP contribution in [0, 0.1) is 0 Å². The third kappa shape index (κ3) is 10.1. The number of hydrogen-bond acceptors (Lipinski definition) is 18. The molecule has 0 saturated carbocycles. The van der Waals surface area contributed by atoms with Crippen molar-refractivity contribution in [1.29, 1.82) is 0 Å². The summed E-state index contributed by atoms with van der Waals surface area (Å²) in [6.07, 6.45) is 0. The highest BCUT2D eigenvalue weighted by Crippen LogP contribution is 2.48. The standard InChI is InChI=1S/C37H29N9O14S3/c1-39-27-17-24(47)11-13-25(27)43-44-26-12-10-23(16-28(26)61(52,53)54)40-36(49)18-2-6-21(7-3-18)41-45-33-29(62(55,56)57)14-20-15-30(63(58,59)60)34(35(48)31(20)32(33)38)46-42-22-8-4-19(5-9-22)37(50)51/h2-17,39,47-48H,38H2,1H3,(H,40,49)(H,50,51)(H,52,53,54)(H,55,56,57)(H,58,59,60). The minimum atomic E-state index is -5.20. The first-order valence-corrected chi connectivity index (χ1v) is 21.6. The van der Waals surface area contributed by atoms with Crippen LogP contribution >= 0.6 is 0 Å². The SMILES string of the molecule is CNc1cc(O)ccc1N=Nc1ccc(NC(=O)c2ccc(N=Nc3c(S(=O)(=O)O)cc4cc(S(=O)(=O)O)c(N=Nc5ccc(C(=O)O)cc5)c(O)c4c3N)cc2)cc1S(=O)(=O)O. The molecule has 0 unspecified atom stereocenters. The van der Waals surface area contributed by atoms with Crippen molar-refractivity contribution in [3.8, 4) is 11.5 Å². The number of benzene rings is 6. The third-order valence-electron chi connectivity index (χ3n) is 8.66. The first-order valence-electron chi connectivity index (χ1n) is 17.2. The predicted molar refractivity (Wildman–Crippen MR) is 224 cm³/mol. The van der Waals surface area contributed by atoms with E-state index >= 15 is 0 Å². The number of carbonyl (C=O) groups is 2. The molecule has 1 amide bonds. The van der Waals surface area contributed by atoms with Gasteiger partial charge in [-0.25, -0.2) is 4.79 Å². The second-order valence-corrected chi connectivity index (χ2v) is 17.0. The van der Waals surface area contributed by atoms with Crippen molar-refractivity contribution >= 4 is 104 Å². The molecular weight excluding hydrogens is 891 g/mol. The van der Waals surface area contributed by atoms with Gasteiger partial charge in [0, 0.05) is 24.4 Å². The molecule has 0 radical (unpaired) electrons. The van der Waals surface area contributed by atoms with Gasteiger partial charge in [-0.05, 0) is 96.4 Å². The molecule has 0 bridgehead atoms. The molecule has 0 aliphatic carbocycles. The molecule has 63 heavy (non-hydrogen) atoms. The molecule has 0 saturated heterocycles. The monoisotopic (exact) mass is 919 g/mol. The molecule has 0 spiro atoms. The maximum absolute atomic E-state index is 13.1. The number of rotatable bonds is 13. The van der Waals surface area contributed by atoms with Gasteiger partial charge < -0.3 is 31.7 Å². The Morgan fingerprint density at radius 1 is 0.587 bits per heavy atom. The number of azo groups is 3. The van der Waals surface area contributed by atoms with Crippen molar-refractivity contribution in [2.75, 3.05) is 23.4 Å². The largest absolute Gasteiger partial charge is 0.508 e. The Kier molecular flexibility index (Phi) is 12.3. The van der Waals surface area contributed by atoms with Gasteiger partial charge in [0.05, 0.1) is 33.7 Å². The molecule has 324 valence electrons. The molecular formula is C37H29N9O14S3. The van der Waals surface area contributed by atoms with Crippen LogP contribution in [0.5, 0.6) is 11.5 Å². The zero-order chi connectivity index (χ0) is 46.0. The van der Waals surface area contributed by atoms with Crippen LogP contribution in [0.15, 0.2) is 142 Å². The van der Waals surface area contributed by atoms with E-state index in [4.69, 9.17) is 10.8 Å². The van der Waals surface area contributed by atoms with Gasteiger partial charge in [-0.1, -0.05) is 0 Å². The quantitative estimate of drug-likeness (QED) is 0.0303. The van der Waals surface area contributed by atoms with E-state index in [1.807, 2.05) is 0 Å². The highest BCUT2D eigenvalue weighted by atomic mass is 32.2. The number of amides is 1. The van der Waals surface area contributed by atoms with Crippen LogP contribution in [0.3, 0.4) is 0 Å². The molecule has 0 aromatic heterocycles. The van der Waals surface area contributed by atoms with Crippen LogP contribution in [-0.4, -0.2) is 73.2 Å². The molecule has 23 nitrogen and oxygen atoms in total. The second kappa shape index (κ2) is 17.3. The molecule has 0 aliphatic heterocycles. The van der Waals surface area contributed by atoms with E-state index in [9.17, 15) is 58.7 Å². The van der Waals surface area contributed by atoms with Crippen molar-refractivity contribution in [1.82, 2.24) is 0 Å². The summed E-state index contributed by atoms with van der Waals surface area (Å²) in [6.45, 7) is 0. The number of nitrogens with two attached hydrogens (primary N) is 1. The average Bonchev–Trinajstić information content (AvgIpc) is 3.21. The summed E-state index contributed by atoms with van der Waals surface area (Å²) < 4.78 is 104. The first-order chi connectivity index (χ1) is 29.5. The van der Waals surface area contributed by atoms with Crippen LogP contribution in [-0.2, 0) is 30.4 Å². The Morgan fingerprint density at radius 2 is 1.10 bits per heavy atom. The van der Waals surface area contributed by atoms with E-state index in [0.717, 1.165) is 18.2 Å². The minimum absolute atomic E-state index is 0.00990. The lowest BCUT2D eigenvalue weighted by Crippen LogP contribution is -2.12. The minimum Gasteiger partial charge on any atom is -0.508 e. The van der Waals surface area contributed by atoms with Gasteiger partial charge in [0.2, 0.25) is 0 Å². The van der Waals surface area contributed by atoms with Gasteiger partial charge in [0.25, 0.3) is 36.3 Å². The van der Waals surface area contributed by atoms with Gasteiger partial charge in [-0.2, -0.15) is 35.5 Å². The van der Waals surface area contributed by atoms with E-state index in [2.05, 4.69) is 41.3 Å². The van der Waals surface area contributed by atoms with E-state index in [1.54, 1.807) is 7.05 Å². The van der Waals surface area contributed by atoms with Gasteiger partial charge in [-0.3, -0.25) is 18.5 Å². The Labute approximate surface area is 355 Å². The Morgan fingerprint density at radius 3 is 1.63 bits per heavy atom. The number of nitrogens with one attached hydrogen (secondary N) is 2. The Hall–Kier alpha value is -7.75. The molecule has 0 heterocycles. The summed E-state index contributed by atoms with van der Waals surface area (Å²) in [5, 5.41) is 57.6. The Balaban J connectivity index is 1.30. The molecule has 26 heteroatoms. The zero-order valence-corrected chi connectivity index (χ0v) is 34.1. The molecule has 6 aromatic rings. The third-order valence-corrected chi connectivity index (χ3v) is 11.3. The number of anilines is 3. The smallest absolute Gasteiger partial charge is 0.335 e.